The van der Waals surface area contributed by atoms with E-state index in [-0.39, 0.29) is 23.4 Å². The van der Waals surface area contributed by atoms with Crippen molar-refractivity contribution in [2.75, 3.05) is 12.0 Å². The molecule has 0 aliphatic carbocycles. The Kier molecular flexibility index (Phi) is 7.61. The maximum Gasteiger partial charge on any atom is 0.335 e. The number of imide groups is 2. The van der Waals surface area contributed by atoms with Crippen LogP contribution in [-0.2, 0) is 16.2 Å². The first kappa shape index (κ1) is 25.9. The minimum absolute atomic E-state index is 0.0651. The van der Waals surface area contributed by atoms with Crippen molar-refractivity contribution in [3.05, 3.63) is 92.4 Å². The normalized spacial score (nSPS) is 14.5. The number of carboxylic acids is 1. The van der Waals surface area contributed by atoms with Crippen molar-refractivity contribution < 1.29 is 33.8 Å². The van der Waals surface area contributed by atoms with E-state index in [4.69, 9.17) is 21.1 Å². The molecule has 0 atom stereocenters. The number of urea groups is 1. The number of carbonyl (C=O) groups excluding carboxylic acids is 3. The van der Waals surface area contributed by atoms with Gasteiger partial charge >= 0.3 is 12.0 Å². The highest BCUT2D eigenvalue weighted by Crippen LogP contribution is 2.38. The zero-order valence-corrected chi connectivity index (χ0v) is 21.5. The van der Waals surface area contributed by atoms with Crippen molar-refractivity contribution in [3.63, 3.8) is 0 Å². The number of rotatable bonds is 7. The van der Waals surface area contributed by atoms with E-state index in [1.807, 2.05) is 0 Å². The number of carbonyl (C=O) groups is 4. The van der Waals surface area contributed by atoms with Gasteiger partial charge in [-0.2, -0.15) is 0 Å². The van der Waals surface area contributed by atoms with E-state index >= 15 is 0 Å². The maximum atomic E-state index is 13.1. The summed E-state index contributed by atoms with van der Waals surface area (Å²) in [5.41, 5.74) is 1.18. The molecule has 1 fully saturated rings. The lowest BCUT2D eigenvalue weighted by Crippen LogP contribution is -2.54. The summed E-state index contributed by atoms with van der Waals surface area (Å²) >= 11 is 9.31. The van der Waals surface area contributed by atoms with Crippen LogP contribution in [0.3, 0.4) is 0 Å². The van der Waals surface area contributed by atoms with Crippen molar-refractivity contribution >= 4 is 63.1 Å². The van der Waals surface area contributed by atoms with Gasteiger partial charge in [0.1, 0.15) is 12.2 Å². The second-order valence-electron chi connectivity index (χ2n) is 7.76. The maximum absolute atomic E-state index is 13.1. The van der Waals surface area contributed by atoms with Crippen LogP contribution < -0.4 is 19.7 Å². The van der Waals surface area contributed by atoms with Gasteiger partial charge in [0.15, 0.2) is 11.5 Å². The van der Waals surface area contributed by atoms with E-state index < -0.39 is 23.8 Å². The topological polar surface area (TPSA) is 122 Å². The summed E-state index contributed by atoms with van der Waals surface area (Å²) in [6.45, 7) is 0.0651. The van der Waals surface area contributed by atoms with Crippen molar-refractivity contribution in [2.24, 2.45) is 0 Å². The van der Waals surface area contributed by atoms with Gasteiger partial charge in [-0.3, -0.25) is 14.9 Å². The summed E-state index contributed by atoms with van der Waals surface area (Å²) in [7, 11) is 1.43. The summed E-state index contributed by atoms with van der Waals surface area (Å²) in [4.78, 5) is 50.1. The number of nitrogens with zero attached hydrogens (tertiary/aromatic N) is 1. The molecule has 2 N–H and O–H groups in total. The number of halogens is 2. The van der Waals surface area contributed by atoms with Gasteiger partial charge in [-0.15, -0.1) is 0 Å². The number of benzene rings is 3. The fraction of sp³-hybridized carbons (Fsp3) is 0.0769. The Morgan fingerprint density at radius 3 is 2.51 bits per heavy atom. The average Bonchev–Trinajstić information content (AvgIpc) is 2.86. The molecule has 0 spiro atoms. The number of amides is 4. The van der Waals surface area contributed by atoms with Gasteiger partial charge in [-0.1, -0.05) is 23.7 Å². The van der Waals surface area contributed by atoms with Crippen molar-refractivity contribution in [2.45, 2.75) is 6.61 Å². The van der Waals surface area contributed by atoms with E-state index in [1.165, 1.54) is 49.6 Å². The number of nitrogens with one attached hydrogen (secondary N) is 1. The number of aromatic carboxylic acids is 1. The summed E-state index contributed by atoms with van der Waals surface area (Å²) < 4.78 is 11.8. The summed E-state index contributed by atoms with van der Waals surface area (Å²) in [5, 5.41) is 11.8. The van der Waals surface area contributed by atoms with E-state index in [0.717, 1.165) is 4.90 Å². The lowest BCUT2D eigenvalue weighted by atomic mass is 10.1. The van der Waals surface area contributed by atoms with Crippen molar-refractivity contribution in [1.82, 2.24) is 5.32 Å². The van der Waals surface area contributed by atoms with Crippen LogP contribution >= 0.6 is 27.5 Å². The summed E-state index contributed by atoms with van der Waals surface area (Å²) in [6, 6.07) is 14.7. The standard InChI is InChI=1S/C26H18BrClN2O7/c1-36-21-12-15(11-20(27)22(21)37-13-14-3-2-4-16(9-14)25(33)34)10-19-23(31)29-26(35)30(24(19)32)18-7-5-17(28)6-8-18/h2-12H,13H2,1H3,(H,33,34)(H,29,31,35)/b19-10+. The molecule has 1 heterocycles. The molecule has 0 bridgehead atoms. The van der Waals surface area contributed by atoms with Crippen LogP contribution in [0.4, 0.5) is 10.5 Å². The molecular formula is C26H18BrClN2O7. The van der Waals surface area contributed by atoms with Crippen LogP contribution in [0.25, 0.3) is 6.08 Å². The first-order valence-electron chi connectivity index (χ1n) is 10.7. The summed E-state index contributed by atoms with van der Waals surface area (Å²) in [6.07, 6.45) is 1.33. The lowest BCUT2D eigenvalue weighted by Gasteiger charge is -2.26. The third-order valence-corrected chi connectivity index (χ3v) is 6.15. The molecule has 1 saturated heterocycles. The molecule has 4 amide bonds. The number of hydrogen-bond acceptors (Lipinski definition) is 6. The van der Waals surface area contributed by atoms with Crippen molar-refractivity contribution in [1.29, 1.82) is 0 Å². The van der Waals surface area contributed by atoms with E-state index in [1.54, 1.807) is 24.3 Å². The Hall–Kier alpha value is -4.15. The number of hydrogen-bond donors (Lipinski definition) is 2. The Morgan fingerprint density at radius 1 is 1.11 bits per heavy atom. The zero-order chi connectivity index (χ0) is 26.7. The van der Waals surface area contributed by atoms with E-state index in [0.29, 0.717) is 32.1 Å². The molecule has 4 rings (SSSR count). The van der Waals surface area contributed by atoms with Gasteiger partial charge in [0, 0.05) is 5.02 Å². The highest BCUT2D eigenvalue weighted by atomic mass is 79.9. The second-order valence-corrected chi connectivity index (χ2v) is 9.05. The van der Waals surface area contributed by atoms with Crippen molar-refractivity contribution in [3.8, 4) is 11.5 Å². The number of ether oxygens (including phenoxy) is 2. The number of barbiturate groups is 1. The molecule has 0 saturated carbocycles. The molecule has 0 aromatic heterocycles. The molecule has 0 unspecified atom stereocenters. The molecule has 9 nitrogen and oxygen atoms in total. The van der Waals surface area contributed by atoms with Gasteiger partial charge < -0.3 is 14.6 Å². The average molecular weight is 586 g/mol. The second kappa shape index (κ2) is 10.9. The lowest BCUT2D eigenvalue weighted by molar-refractivity contribution is -0.122. The van der Waals surface area contributed by atoms with Crippen LogP contribution in [0.1, 0.15) is 21.5 Å². The van der Waals surface area contributed by atoms with Crippen LogP contribution in [0.15, 0.2) is 70.7 Å². The van der Waals surface area contributed by atoms with Crippen LogP contribution in [0, 0.1) is 0 Å². The smallest absolute Gasteiger partial charge is 0.335 e. The molecule has 1 aliphatic rings. The predicted molar refractivity (Wildman–Crippen MR) is 139 cm³/mol. The number of carboxylic acid groups (broad SMARTS) is 1. The minimum atomic E-state index is -1.05. The Balaban J connectivity index is 1.62. The first-order valence-corrected chi connectivity index (χ1v) is 11.8. The Bertz CT molecular complexity index is 1450. The SMILES string of the molecule is COc1cc(/C=C2\C(=O)NC(=O)N(c3ccc(Cl)cc3)C2=O)cc(Br)c1OCc1cccc(C(=O)O)c1. The molecule has 3 aromatic carbocycles. The molecule has 188 valence electrons. The summed E-state index contributed by atoms with van der Waals surface area (Å²) in [5.74, 6) is -2.05. The molecule has 37 heavy (non-hydrogen) atoms. The van der Waals surface area contributed by atoms with Gasteiger partial charge in [-0.05, 0) is 81.7 Å². The largest absolute Gasteiger partial charge is 0.493 e. The Morgan fingerprint density at radius 2 is 1.84 bits per heavy atom. The highest BCUT2D eigenvalue weighted by Gasteiger charge is 2.36. The molecule has 3 aromatic rings. The number of anilines is 1. The monoisotopic (exact) mass is 584 g/mol. The number of methoxy groups -OCH3 is 1. The van der Waals surface area contributed by atoms with Crippen LogP contribution in [0.5, 0.6) is 11.5 Å². The zero-order valence-electron chi connectivity index (χ0n) is 19.2. The van der Waals surface area contributed by atoms with E-state index in [2.05, 4.69) is 21.2 Å². The molecule has 1 aliphatic heterocycles. The van der Waals surface area contributed by atoms with Crippen LogP contribution in [0.2, 0.25) is 5.02 Å². The van der Waals surface area contributed by atoms with Gasteiger partial charge in [0.25, 0.3) is 11.8 Å². The van der Waals surface area contributed by atoms with Gasteiger partial charge in [0.05, 0.1) is 22.8 Å². The Labute approximate surface area is 224 Å². The molecular weight excluding hydrogens is 568 g/mol. The first-order chi connectivity index (χ1) is 17.7. The van der Waals surface area contributed by atoms with Gasteiger partial charge in [-0.25, -0.2) is 14.5 Å². The minimum Gasteiger partial charge on any atom is -0.493 e. The quantitative estimate of drug-likeness (QED) is 0.294. The van der Waals surface area contributed by atoms with E-state index in [9.17, 15) is 24.3 Å². The third kappa shape index (κ3) is 5.65. The molecule has 0 radical (unpaired) electrons. The third-order valence-electron chi connectivity index (χ3n) is 5.31. The fourth-order valence-electron chi connectivity index (χ4n) is 3.56. The highest BCUT2D eigenvalue weighted by molar-refractivity contribution is 9.10. The fourth-order valence-corrected chi connectivity index (χ4v) is 4.26. The van der Waals surface area contributed by atoms with Crippen LogP contribution in [-0.4, -0.2) is 36.0 Å². The predicted octanol–water partition coefficient (Wildman–Crippen LogP) is 5.05. The van der Waals surface area contributed by atoms with Gasteiger partial charge in [0.2, 0.25) is 0 Å². The molecule has 11 heteroatoms.